The topological polar surface area (TPSA) is 89.0 Å². The predicted octanol–water partition coefficient (Wildman–Crippen LogP) is 2.47. The highest BCUT2D eigenvalue weighted by Crippen LogP contribution is 2.25. The summed E-state index contributed by atoms with van der Waals surface area (Å²) in [6.07, 6.45) is 8.16. The van der Waals surface area contributed by atoms with Crippen LogP contribution in [-0.2, 0) is 4.79 Å². The van der Waals surface area contributed by atoms with Crippen LogP contribution in [0.15, 0.2) is 18.3 Å². The average molecular weight is 402 g/mol. The van der Waals surface area contributed by atoms with Gasteiger partial charge < -0.3 is 20.2 Å². The van der Waals surface area contributed by atoms with Crippen molar-refractivity contribution in [3.8, 4) is 0 Å². The third-order valence-electron chi connectivity index (χ3n) is 6.61. The van der Waals surface area contributed by atoms with Crippen molar-refractivity contribution in [3.05, 3.63) is 18.3 Å². The summed E-state index contributed by atoms with van der Waals surface area (Å²) in [4.78, 5) is 34.6. The second kappa shape index (κ2) is 8.98. The molecule has 1 aromatic rings. The first-order valence-electron chi connectivity index (χ1n) is 10.8. The number of likely N-dealkylation sites (tertiary alicyclic amines) is 1. The summed E-state index contributed by atoms with van der Waals surface area (Å²) in [7, 11) is 0. The highest BCUT2D eigenvalue weighted by molar-refractivity contribution is 5.89. The number of aromatic nitrogens is 1. The molecular weight excluding hydrogens is 370 g/mol. The molecule has 0 bridgehead atoms. The number of rotatable bonds is 4. The number of pyridine rings is 1. The number of carbonyl (C=O) groups is 2. The number of carboxylic acid groups (broad SMARTS) is 1. The Morgan fingerprint density at radius 3 is 2.24 bits per heavy atom. The second-order valence-electron chi connectivity index (χ2n) is 8.40. The van der Waals surface area contributed by atoms with Crippen molar-refractivity contribution in [2.24, 2.45) is 5.92 Å². The van der Waals surface area contributed by atoms with Crippen molar-refractivity contribution >= 4 is 23.5 Å². The summed E-state index contributed by atoms with van der Waals surface area (Å²) in [6, 6.07) is 4.46. The van der Waals surface area contributed by atoms with E-state index in [-0.39, 0.29) is 11.9 Å². The van der Waals surface area contributed by atoms with E-state index in [0.717, 1.165) is 38.0 Å². The van der Waals surface area contributed by atoms with Crippen molar-refractivity contribution in [3.63, 3.8) is 0 Å². The molecular formula is C21H31N5O3. The van der Waals surface area contributed by atoms with Gasteiger partial charge in [-0.2, -0.15) is 0 Å². The van der Waals surface area contributed by atoms with Gasteiger partial charge in [0, 0.05) is 45.3 Å². The summed E-state index contributed by atoms with van der Waals surface area (Å²) >= 11 is 0. The van der Waals surface area contributed by atoms with Crippen molar-refractivity contribution in [1.29, 1.82) is 0 Å². The highest BCUT2D eigenvalue weighted by Gasteiger charge is 2.28. The zero-order valence-corrected chi connectivity index (χ0v) is 16.9. The molecule has 2 saturated heterocycles. The van der Waals surface area contributed by atoms with E-state index < -0.39 is 5.97 Å². The fourth-order valence-corrected chi connectivity index (χ4v) is 4.76. The van der Waals surface area contributed by atoms with Crippen LogP contribution >= 0.6 is 0 Å². The largest absolute Gasteiger partial charge is 0.481 e. The van der Waals surface area contributed by atoms with Gasteiger partial charge >= 0.3 is 12.0 Å². The van der Waals surface area contributed by atoms with E-state index in [2.05, 4.69) is 20.1 Å². The lowest BCUT2D eigenvalue weighted by Gasteiger charge is -2.38. The Hall–Kier alpha value is -2.35. The molecule has 158 valence electrons. The van der Waals surface area contributed by atoms with Crippen molar-refractivity contribution in [1.82, 2.24) is 14.8 Å². The number of carbonyl (C=O) groups excluding carboxylic acids is 1. The molecule has 0 aromatic carbocycles. The Bertz CT molecular complexity index is 704. The maximum atomic E-state index is 12.4. The highest BCUT2D eigenvalue weighted by atomic mass is 16.4. The monoisotopic (exact) mass is 401 g/mol. The van der Waals surface area contributed by atoms with E-state index in [1.165, 1.54) is 25.7 Å². The number of anilines is 2. The van der Waals surface area contributed by atoms with E-state index in [4.69, 9.17) is 5.11 Å². The van der Waals surface area contributed by atoms with Crippen molar-refractivity contribution in [2.45, 2.75) is 44.6 Å². The van der Waals surface area contributed by atoms with E-state index in [9.17, 15) is 9.59 Å². The average Bonchev–Trinajstić information content (AvgIpc) is 3.29. The van der Waals surface area contributed by atoms with E-state index in [0.29, 0.717) is 31.6 Å². The van der Waals surface area contributed by atoms with Gasteiger partial charge in [0.15, 0.2) is 0 Å². The van der Waals surface area contributed by atoms with Crippen LogP contribution in [0.25, 0.3) is 0 Å². The molecule has 1 saturated carbocycles. The molecule has 8 heteroatoms. The van der Waals surface area contributed by atoms with Crippen LogP contribution in [0, 0.1) is 5.92 Å². The molecule has 0 atom stereocenters. The Labute approximate surface area is 171 Å². The molecule has 8 nitrogen and oxygen atoms in total. The summed E-state index contributed by atoms with van der Waals surface area (Å²) < 4.78 is 0. The summed E-state index contributed by atoms with van der Waals surface area (Å²) in [5.74, 6) is -0.153. The molecule has 0 unspecified atom stereocenters. The number of piperidine rings is 1. The smallest absolute Gasteiger partial charge is 0.321 e. The van der Waals surface area contributed by atoms with E-state index >= 15 is 0 Å². The number of piperazine rings is 1. The van der Waals surface area contributed by atoms with Gasteiger partial charge in [0.2, 0.25) is 0 Å². The number of nitrogens with zero attached hydrogens (tertiary/aromatic N) is 4. The maximum absolute atomic E-state index is 12.4. The number of hydrogen-bond donors (Lipinski definition) is 2. The SMILES string of the molecule is O=C(O)C1CCN(C(=O)Nc2ccc(N3CCN(C4CCCC4)CC3)nc2)CC1. The molecule has 0 spiro atoms. The Morgan fingerprint density at radius 1 is 0.966 bits per heavy atom. The lowest BCUT2D eigenvalue weighted by atomic mass is 9.97. The lowest BCUT2D eigenvalue weighted by molar-refractivity contribution is -0.143. The quantitative estimate of drug-likeness (QED) is 0.806. The van der Waals surface area contributed by atoms with Gasteiger partial charge in [-0.1, -0.05) is 12.8 Å². The predicted molar refractivity (Wildman–Crippen MR) is 111 cm³/mol. The normalized spacial score (nSPS) is 22.1. The van der Waals surface area contributed by atoms with Gasteiger partial charge in [0.1, 0.15) is 5.82 Å². The minimum absolute atomic E-state index is 0.187. The summed E-state index contributed by atoms with van der Waals surface area (Å²) in [5.41, 5.74) is 0.670. The fraction of sp³-hybridized carbons (Fsp3) is 0.667. The zero-order valence-electron chi connectivity index (χ0n) is 16.9. The standard InChI is InChI=1S/C21H31N5O3/c27-20(28)16-7-9-26(10-8-16)21(29)23-17-5-6-19(22-15-17)25-13-11-24(12-14-25)18-3-1-2-4-18/h5-6,15-16,18H,1-4,7-14H2,(H,23,29)(H,27,28). The molecule has 3 aliphatic rings. The molecule has 2 N–H and O–H groups in total. The van der Waals surface area contributed by atoms with Crippen LogP contribution in [0.2, 0.25) is 0 Å². The Morgan fingerprint density at radius 2 is 1.66 bits per heavy atom. The zero-order chi connectivity index (χ0) is 20.2. The van der Waals surface area contributed by atoms with Gasteiger partial charge in [0.05, 0.1) is 17.8 Å². The molecule has 3 fully saturated rings. The third-order valence-corrected chi connectivity index (χ3v) is 6.61. The van der Waals surface area contributed by atoms with Crippen LogP contribution < -0.4 is 10.2 Å². The lowest BCUT2D eigenvalue weighted by Crippen LogP contribution is -2.50. The third kappa shape index (κ3) is 4.80. The Kier molecular flexibility index (Phi) is 6.18. The number of nitrogens with one attached hydrogen (secondary N) is 1. The minimum atomic E-state index is -0.770. The minimum Gasteiger partial charge on any atom is -0.481 e. The number of amides is 2. The van der Waals surface area contributed by atoms with Gasteiger partial charge in [0.25, 0.3) is 0 Å². The van der Waals surface area contributed by atoms with E-state index in [1.54, 1.807) is 11.1 Å². The number of hydrogen-bond acceptors (Lipinski definition) is 5. The fourth-order valence-electron chi connectivity index (χ4n) is 4.76. The summed E-state index contributed by atoms with van der Waals surface area (Å²) in [6.45, 7) is 5.12. The number of urea groups is 1. The first kappa shape index (κ1) is 19.9. The second-order valence-corrected chi connectivity index (χ2v) is 8.40. The first-order valence-corrected chi connectivity index (χ1v) is 10.8. The molecule has 1 aliphatic carbocycles. The number of carboxylic acids is 1. The molecule has 2 amide bonds. The van der Waals surface area contributed by atoms with Crippen LogP contribution in [0.3, 0.4) is 0 Å². The van der Waals surface area contributed by atoms with Crippen molar-refractivity contribution in [2.75, 3.05) is 49.5 Å². The van der Waals surface area contributed by atoms with Gasteiger partial charge in [-0.25, -0.2) is 9.78 Å². The number of aliphatic carboxylic acids is 1. The Balaban J connectivity index is 1.25. The van der Waals surface area contributed by atoms with Crippen LogP contribution in [0.1, 0.15) is 38.5 Å². The molecule has 29 heavy (non-hydrogen) atoms. The van der Waals surface area contributed by atoms with Crippen LogP contribution in [-0.4, -0.2) is 77.2 Å². The van der Waals surface area contributed by atoms with Crippen molar-refractivity contribution < 1.29 is 14.7 Å². The van der Waals surface area contributed by atoms with Crippen LogP contribution in [0.5, 0.6) is 0 Å². The van der Waals surface area contributed by atoms with Gasteiger partial charge in [-0.05, 0) is 37.8 Å². The molecule has 3 heterocycles. The first-order chi connectivity index (χ1) is 14.1. The van der Waals surface area contributed by atoms with E-state index in [1.807, 2.05) is 12.1 Å². The van der Waals surface area contributed by atoms with Crippen LogP contribution in [0.4, 0.5) is 16.3 Å². The maximum Gasteiger partial charge on any atom is 0.321 e. The van der Waals surface area contributed by atoms with Gasteiger partial charge in [-0.15, -0.1) is 0 Å². The van der Waals surface area contributed by atoms with Gasteiger partial charge in [-0.3, -0.25) is 9.69 Å². The summed E-state index contributed by atoms with van der Waals surface area (Å²) in [5, 5.41) is 11.9. The molecule has 0 radical (unpaired) electrons. The molecule has 4 rings (SSSR count). The molecule has 2 aliphatic heterocycles. The molecule has 1 aromatic heterocycles.